The van der Waals surface area contributed by atoms with Crippen LogP contribution in [0, 0.1) is 10.1 Å². The standard InChI is InChI=1S/C22H16ClN5O5S/c23-13-6-8-16(17(10-13)28(31)32)18-9-7-15(33-18)12-24-27-22-26-21(30)19(34-22)11-20(29)25-14-4-2-1-3-5-14/h1-10,12,19H,11H2,(H,25,29)(H,26,27,30)/b24-12+. The zero-order chi connectivity index (χ0) is 24.1. The maximum Gasteiger partial charge on any atom is 0.281 e. The fraction of sp³-hybridized carbons (Fsp3) is 0.0909. The van der Waals surface area contributed by atoms with Crippen LogP contribution in [0.4, 0.5) is 11.4 Å². The summed E-state index contributed by atoms with van der Waals surface area (Å²) in [6.45, 7) is 0. The molecule has 172 valence electrons. The maximum atomic E-state index is 12.2. The molecule has 3 aromatic rings. The van der Waals surface area contributed by atoms with Gasteiger partial charge in [0.25, 0.3) is 5.69 Å². The van der Waals surface area contributed by atoms with Crippen LogP contribution in [0.25, 0.3) is 11.3 Å². The van der Waals surface area contributed by atoms with Gasteiger partial charge in [-0.05, 0) is 36.4 Å². The molecule has 2 amide bonds. The highest BCUT2D eigenvalue weighted by molar-refractivity contribution is 8.15. The van der Waals surface area contributed by atoms with Crippen LogP contribution in [0.15, 0.2) is 75.3 Å². The Morgan fingerprint density at radius 3 is 2.79 bits per heavy atom. The molecule has 1 aromatic heterocycles. The molecule has 1 unspecified atom stereocenters. The number of rotatable bonds is 7. The Labute approximate surface area is 202 Å². The van der Waals surface area contributed by atoms with Crippen molar-refractivity contribution in [3.63, 3.8) is 0 Å². The molecular weight excluding hydrogens is 482 g/mol. The van der Waals surface area contributed by atoms with E-state index in [-0.39, 0.29) is 45.4 Å². The van der Waals surface area contributed by atoms with Crippen LogP contribution in [0.1, 0.15) is 12.2 Å². The minimum Gasteiger partial charge on any atom is -0.455 e. The number of para-hydroxylation sites is 1. The number of carbonyl (C=O) groups excluding carboxylic acids is 2. The molecule has 0 saturated carbocycles. The minimum absolute atomic E-state index is 0.0183. The van der Waals surface area contributed by atoms with E-state index >= 15 is 0 Å². The van der Waals surface area contributed by atoms with E-state index in [1.807, 2.05) is 6.07 Å². The van der Waals surface area contributed by atoms with Gasteiger partial charge in [0.05, 0.1) is 16.7 Å². The second kappa shape index (κ2) is 10.3. The van der Waals surface area contributed by atoms with Gasteiger partial charge in [0.2, 0.25) is 11.8 Å². The van der Waals surface area contributed by atoms with Crippen LogP contribution in [-0.2, 0) is 9.59 Å². The number of nitro benzene ring substituents is 1. The smallest absolute Gasteiger partial charge is 0.281 e. The van der Waals surface area contributed by atoms with Crippen molar-refractivity contribution in [2.24, 2.45) is 10.2 Å². The summed E-state index contributed by atoms with van der Waals surface area (Å²) in [7, 11) is 0. The number of nitrogens with one attached hydrogen (secondary N) is 2. The van der Waals surface area contributed by atoms with Crippen LogP contribution >= 0.6 is 23.4 Å². The van der Waals surface area contributed by atoms with Crippen LogP contribution in [0.3, 0.4) is 0 Å². The number of thioether (sulfide) groups is 1. The summed E-state index contributed by atoms with van der Waals surface area (Å²) >= 11 is 6.94. The number of nitro groups is 1. The molecule has 1 fully saturated rings. The third-order valence-corrected chi connectivity index (χ3v) is 5.89. The zero-order valence-electron chi connectivity index (χ0n) is 17.3. The minimum atomic E-state index is -0.627. The van der Waals surface area contributed by atoms with Gasteiger partial charge in [0.15, 0.2) is 5.17 Å². The fourth-order valence-corrected chi connectivity index (χ4v) is 4.15. The van der Waals surface area contributed by atoms with Crippen molar-refractivity contribution in [2.75, 3.05) is 5.32 Å². The summed E-state index contributed by atoms with van der Waals surface area (Å²) in [5.74, 6) is -0.0530. The summed E-state index contributed by atoms with van der Waals surface area (Å²) in [5, 5.41) is 24.3. The van der Waals surface area contributed by atoms with Gasteiger partial charge in [-0.2, -0.15) is 5.10 Å². The van der Waals surface area contributed by atoms with Crippen molar-refractivity contribution >= 4 is 57.9 Å². The first-order valence-corrected chi connectivity index (χ1v) is 11.1. The Kier molecular flexibility index (Phi) is 7.04. The average Bonchev–Trinajstić information content (AvgIpc) is 3.41. The third kappa shape index (κ3) is 5.69. The van der Waals surface area contributed by atoms with Crippen molar-refractivity contribution in [3.05, 3.63) is 81.6 Å². The molecule has 0 bridgehead atoms. The van der Waals surface area contributed by atoms with E-state index in [4.69, 9.17) is 16.0 Å². The molecule has 2 N–H and O–H groups in total. The van der Waals surface area contributed by atoms with E-state index in [9.17, 15) is 19.7 Å². The van der Waals surface area contributed by atoms with Gasteiger partial charge in [-0.1, -0.05) is 41.6 Å². The molecule has 1 aliphatic rings. The van der Waals surface area contributed by atoms with E-state index in [1.165, 1.54) is 24.4 Å². The number of hydrogen-bond donors (Lipinski definition) is 2. The van der Waals surface area contributed by atoms with Crippen molar-refractivity contribution in [2.45, 2.75) is 11.7 Å². The van der Waals surface area contributed by atoms with Gasteiger partial charge in [-0.3, -0.25) is 19.7 Å². The van der Waals surface area contributed by atoms with Gasteiger partial charge < -0.3 is 15.1 Å². The molecular formula is C22H16ClN5O5S. The lowest BCUT2D eigenvalue weighted by molar-refractivity contribution is -0.384. The zero-order valence-corrected chi connectivity index (χ0v) is 18.9. The van der Waals surface area contributed by atoms with Crippen LogP contribution in [0.5, 0.6) is 0 Å². The molecule has 0 radical (unpaired) electrons. The SMILES string of the molecule is O=C(CC1S/C(=N/N=C/c2ccc(-c3ccc(Cl)cc3[N+](=O)[O-])o2)NC1=O)Nc1ccccc1. The number of halogens is 1. The molecule has 12 heteroatoms. The Hall–Kier alpha value is -3.96. The first kappa shape index (κ1) is 23.2. The average molecular weight is 498 g/mol. The third-order valence-electron chi connectivity index (χ3n) is 4.59. The second-order valence-corrected chi connectivity index (χ2v) is 8.61. The summed E-state index contributed by atoms with van der Waals surface area (Å²) in [6, 6.07) is 16.4. The maximum absolute atomic E-state index is 12.2. The lowest BCUT2D eigenvalue weighted by Gasteiger charge is -2.06. The monoisotopic (exact) mass is 497 g/mol. The van der Waals surface area contributed by atoms with Crippen LogP contribution in [-0.4, -0.2) is 33.4 Å². The molecule has 2 aromatic carbocycles. The highest BCUT2D eigenvalue weighted by atomic mass is 35.5. The second-order valence-electron chi connectivity index (χ2n) is 6.98. The number of amides is 2. The van der Waals surface area contributed by atoms with E-state index in [2.05, 4.69) is 20.8 Å². The molecule has 10 nitrogen and oxygen atoms in total. The topological polar surface area (TPSA) is 139 Å². The van der Waals surface area contributed by atoms with Gasteiger partial charge in [0, 0.05) is 23.2 Å². The molecule has 4 rings (SSSR count). The summed E-state index contributed by atoms with van der Waals surface area (Å²) in [6.07, 6.45) is 1.29. The number of benzene rings is 2. The number of amidine groups is 1. The van der Waals surface area contributed by atoms with Gasteiger partial charge in [0.1, 0.15) is 16.8 Å². The molecule has 0 aliphatic carbocycles. The first-order chi connectivity index (χ1) is 16.4. The normalized spacial score (nSPS) is 16.7. The number of carbonyl (C=O) groups is 2. The number of anilines is 1. The Morgan fingerprint density at radius 2 is 2.03 bits per heavy atom. The molecule has 2 heterocycles. The van der Waals surface area contributed by atoms with Crippen molar-refractivity contribution in [1.82, 2.24) is 5.32 Å². The van der Waals surface area contributed by atoms with Gasteiger partial charge in [-0.25, -0.2) is 0 Å². The van der Waals surface area contributed by atoms with Crippen molar-refractivity contribution in [3.8, 4) is 11.3 Å². The Balaban J connectivity index is 1.37. The summed E-state index contributed by atoms with van der Waals surface area (Å²) in [5.41, 5.74) is 0.740. The quantitative estimate of drug-likeness (QED) is 0.280. The molecule has 0 spiro atoms. The first-order valence-electron chi connectivity index (χ1n) is 9.86. The Morgan fingerprint density at radius 1 is 1.24 bits per heavy atom. The Bertz CT molecular complexity index is 1310. The highest BCUT2D eigenvalue weighted by Crippen LogP contribution is 2.33. The van der Waals surface area contributed by atoms with E-state index in [1.54, 1.807) is 36.4 Å². The van der Waals surface area contributed by atoms with E-state index in [0.29, 0.717) is 11.4 Å². The van der Waals surface area contributed by atoms with Crippen molar-refractivity contribution < 1.29 is 18.9 Å². The number of nitrogens with zero attached hydrogens (tertiary/aromatic N) is 3. The molecule has 1 atom stereocenters. The predicted octanol–water partition coefficient (Wildman–Crippen LogP) is 4.46. The molecule has 1 saturated heterocycles. The number of furan rings is 1. The summed E-state index contributed by atoms with van der Waals surface area (Å²) < 4.78 is 5.60. The highest BCUT2D eigenvalue weighted by Gasteiger charge is 2.32. The summed E-state index contributed by atoms with van der Waals surface area (Å²) in [4.78, 5) is 35.1. The van der Waals surface area contributed by atoms with Crippen molar-refractivity contribution in [1.29, 1.82) is 0 Å². The van der Waals surface area contributed by atoms with E-state index < -0.39 is 10.2 Å². The van der Waals surface area contributed by atoms with Gasteiger partial charge in [-0.15, -0.1) is 5.10 Å². The van der Waals surface area contributed by atoms with Crippen LogP contribution < -0.4 is 10.6 Å². The van der Waals surface area contributed by atoms with Crippen LogP contribution in [0.2, 0.25) is 5.02 Å². The molecule has 34 heavy (non-hydrogen) atoms. The lowest BCUT2D eigenvalue weighted by atomic mass is 10.1. The fourth-order valence-electron chi connectivity index (χ4n) is 3.06. The predicted molar refractivity (Wildman–Crippen MR) is 130 cm³/mol. The van der Waals surface area contributed by atoms with E-state index in [0.717, 1.165) is 11.8 Å². The number of hydrogen-bond acceptors (Lipinski definition) is 8. The largest absolute Gasteiger partial charge is 0.455 e. The lowest BCUT2D eigenvalue weighted by Crippen LogP contribution is -2.28. The van der Waals surface area contributed by atoms with Gasteiger partial charge >= 0.3 is 0 Å². The molecule has 1 aliphatic heterocycles.